The number of carbonyl (C=O) groups excluding carboxylic acids is 1. The second kappa shape index (κ2) is 8.04. The Morgan fingerprint density at radius 1 is 0.962 bits per heavy atom. The highest BCUT2D eigenvalue weighted by Crippen LogP contribution is 2.30. The van der Waals surface area contributed by atoms with Gasteiger partial charge >= 0.3 is 5.97 Å². The molecule has 0 aromatic heterocycles. The van der Waals surface area contributed by atoms with E-state index in [0.29, 0.717) is 5.56 Å². The van der Waals surface area contributed by atoms with Crippen LogP contribution in [-0.2, 0) is 14.6 Å². The molecule has 2 unspecified atom stereocenters. The number of sulfone groups is 1. The lowest BCUT2D eigenvalue weighted by molar-refractivity contribution is -0.00587. The van der Waals surface area contributed by atoms with Gasteiger partial charge in [0.15, 0.2) is 9.84 Å². The molecule has 0 heterocycles. The van der Waals surface area contributed by atoms with Gasteiger partial charge in [-0.3, -0.25) is 0 Å². The summed E-state index contributed by atoms with van der Waals surface area (Å²) < 4.78 is 31.3. The number of hydrogen-bond acceptors (Lipinski definition) is 4. The average Bonchev–Trinajstić information content (AvgIpc) is 2.61. The minimum atomic E-state index is -3.49. The van der Waals surface area contributed by atoms with Crippen LogP contribution in [0.3, 0.4) is 0 Å². The number of rotatable bonds is 6. The highest BCUT2D eigenvalue weighted by atomic mass is 32.2. The predicted octanol–water partition coefficient (Wildman–Crippen LogP) is 4.51. The normalized spacial score (nSPS) is 14.5. The highest BCUT2D eigenvalue weighted by Gasteiger charge is 2.34. The molecule has 0 N–H and O–H groups in total. The summed E-state index contributed by atoms with van der Waals surface area (Å²) in [5, 5.41) is -0.669. The van der Waals surface area contributed by atoms with Crippen LogP contribution < -0.4 is 0 Å². The Kier molecular flexibility index (Phi) is 6.24. The third-order valence-corrected chi connectivity index (χ3v) is 6.55. The van der Waals surface area contributed by atoms with Crippen LogP contribution in [0.15, 0.2) is 65.6 Å². The lowest BCUT2D eigenvalue weighted by Crippen LogP contribution is -2.36. The Morgan fingerprint density at radius 3 is 1.96 bits per heavy atom. The molecule has 0 fully saturated rings. The van der Waals surface area contributed by atoms with Crippen LogP contribution in [0.25, 0.3) is 0 Å². The number of benzene rings is 2. The summed E-state index contributed by atoms with van der Waals surface area (Å²) in [6.45, 7) is 7.49. The summed E-state index contributed by atoms with van der Waals surface area (Å²) in [7, 11) is -3.49. The summed E-state index contributed by atoms with van der Waals surface area (Å²) >= 11 is 0. The molecule has 0 bridgehead atoms. The van der Waals surface area contributed by atoms with Crippen molar-refractivity contribution in [1.29, 1.82) is 0 Å². The Bertz CT molecular complexity index is 821. The topological polar surface area (TPSA) is 60.4 Å². The van der Waals surface area contributed by atoms with Crippen molar-refractivity contribution in [3.05, 3.63) is 66.2 Å². The fourth-order valence-electron chi connectivity index (χ4n) is 2.62. The Balaban J connectivity index is 2.19. The zero-order chi connectivity index (χ0) is 19.4. The molecule has 2 aromatic carbocycles. The molecule has 0 aliphatic rings. The lowest BCUT2D eigenvalue weighted by Gasteiger charge is -2.32. The smallest absolute Gasteiger partial charge is 0.338 e. The molecule has 0 saturated carbocycles. The molecule has 5 heteroatoms. The molecule has 0 spiro atoms. The Labute approximate surface area is 156 Å². The van der Waals surface area contributed by atoms with E-state index in [4.69, 9.17) is 4.74 Å². The Morgan fingerprint density at radius 2 is 1.46 bits per heavy atom. The van der Waals surface area contributed by atoms with E-state index >= 15 is 0 Å². The third kappa shape index (κ3) is 4.94. The van der Waals surface area contributed by atoms with Gasteiger partial charge in [0.2, 0.25) is 0 Å². The summed E-state index contributed by atoms with van der Waals surface area (Å²) in [4.78, 5) is 12.7. The van der Waals surface area contributed by atoms with Crippen LogP contribution in [-0.4, -0.2) is 25.7 Å². The van der Waals surface area contributed by atoms with E-state index < -0.39 is 27.2 Å². The van der Waals surface area contributed by atoms with Gasteiger partial charge < -0.3 is 4.74 Å². The van der Waals surface area contributed by atoms with Gasteiger partial charge in [0.1, 0.15) is 6.10 Å². The predicted molar refractivity (Wildman–Crippen MR) is 103 cm³/mol. The molecule has 0 amide bonds. The van der Waals surface area contributed by atoms with Crippen molar-refractivity contribution < 1.29 is 17.9 Å². The van der Waals surface area contributed by atoms with Crippen LogP contribution in [0.4, 0.5) is 0 Å². The summed E-state index contributed by atoms with van der Waals surface area (Å²) in [6.07, 6.45) is -0.289. The number of hydrogen-bond donors (Lipinski definition) is 0. The monoisotopic (exact) mass is 374 g/mol. The zero-order valence-electron chi connectivity index (χ0n) is 15.7. The van der Waals surface area contributed by atoms with Gasteiger partial charge in [-0.1, -0.05) is 57.2 Å². The van der Waals surface area contributed by atoms with Gasteiger partial charge in [0, 0.05) is 6.42 Å². The molecule has 0 aliphatic heterocycles. The van der Waals surface area contributed by atoms with E-state index in [1.165, 1.54) is 0 Å². The van der Waals surface area contributed by atoms with E-state index in [1.54, 1.807) is 61.5 Å². The van der Waals surface area contributed by atoms with Crippen molar-refractivity contribution in [1.82, 2.24) is 0 Å². The van der Waals surface area contributed by atoms with Crippen LogP contribution >= 0.6 is 0 Å². The first kappa shape index (κ1) is 20.2. The molecule has 2 atom stereocenters. The van der Waals surface area contributed by atoms with Crippen molar-refractivity contribution in [2.24, 2.45) is 5.41 Å². The van der Waals surface area contributed by atoms with E-state index in [2.05, 4.69) is 0 Å². The van der Waals surface area contributed by atoms with Crippen molar-refractivity contribution in [3.63, 3.8) is 0 Å². The van der Waals surface area contributed by atoms with E-state index in [1.807, 2.05) is 26.8 Å². The van der Waals surface area contributed by atoms with E-state index in [0.717, 1.165) is 0 Å². The number of esters is 1. The molecule has 2 rings (SSSR count). The molecule has 140 valence electrons. The first-order valence-corrected chi connectivity index (χ1v) is 10.2. The molecule has 0 radical (unpaired) electrons. The van der Waals surface area contributed by atoms with Gasteiger partial charge in [-0.25, -0.2) is 13.2 Å². The van der Waals surface area contributed by atoms with Crippen LogP contribution in [0.2, 0.25) is 0 Å². The maximum atomic E-state index is 12.8. The van der Waals surface area contributed by atoms with Crippen molar-refractivity contribution in [2.45, 2.75) is 50.4 Å². The SMILES string of the molecule is CC(CC(OC(=O)c1ccccc1)C(C)(C)C)S(=O)(=O)c1ccccc1. The van der Waals surface area contributed by atoms with Crippen molar-refractivity contribution in [2.75, 3.05) is 0 Å². The van der Waals surface area contributed by atoms with Gasteiger partial charge in [-0.05, 0) is 36.6 Å². The lowest BCUT2D eigenvalue weighted by atomic mass is 9.86. The fourth-order valence-corrected chi connectivity index (χ4v) is 4.05. The van der Waals surface area contributed by atoms with Crippen molar-refractivity contribution in [3.8, 4) is 0 Å². The maximum absolute atomic E-state index is 12.8. The van der Waals surface area contributed by atoms with Crippen molar-refractivity contribution >= 4 is 15.8 Å². The van der Waals surface area contributed by atoms with Crippen LogP contribution in [0.5, 0.6) is 0 Å². The molecule has 0 aliphatic carbocycles. The summed E-state index contributed by atoms with van der Waals surface area (Å²) in [5.74, 6) is -0.435. The molecule has 2 aromatic rings. The molecule has 4 nitrogen and oxygen atoms in total. The second-order valence-corrected chi connectivity index (χ2v) is 9.90. The molecule has 26 heavy (non-hydrogen) atoms. The molecular weight excluding hydrogens is 348 g/mol. The molecular formula is C21H26O4S. The summed E-state index contributed by atoms with van der Waals surface area (Å²) in [6, 6.07) is 17.1. The number of ether oxygens (including phenoxy) is 1. The first-order chi connectivity index (χ1) is 12.1. The van der Waals surface area contributed by atoms with Gasteiger partial charge in [0.25, 0.3) is 0 Å². The zero-order valence-corrected chi connectivity index (χ0v) is 16.5. The summed E-state index contributed by atoms with van der Waals surface area (Å²) in [5.41, 5.74) is 0.0746. The quantitative estimate of drug-likeness (QED) is 0.698. The van der Waals surface area contributed by atoms with Crippen LogP contribution in [0, 0.1) is 5.41 Å². The van der Waals surface area contributed by atoms with E-state index in [9.17, 15) is 13.2 Å². The Hall–Kier alpha value is -2.14. The van der Waals surface area contributed by atoms with Gasteiger partial charge in [-0.15, -0.1) is 0 Å². The standard InChI is InChI=1S/C21H26O4S/c1-16(26(23,24)18-13-9-6-10-14-18)15-19(21(2,3)4)25-20(22)17-11-7-5-8-12-17/h5-14,16,19H,15H2,1-4H3. The van der Waals surface area contributed by atoms with Gasteiger partial charge in [0.05, 0.1) is 15.7 Å². The maximum Gasteiger partial charge on any atom is 0.338 e. The first-order valence-electron chi connectivity index (χ1n) is 8.67. The largest absolute Gasteiger partial charge is 0.458 e. The third-order valence-electron chi connectivity index (χ3n) is 4.37. The van der Waals surface area contributed by atoms with Crippen LogP contribution in [0.1, 0.15) is 44.5 Å². The fraction of sp³-hybridized carbons (Fsp3) is 0.381. The minimum absolute atomic E-state index is 0.235. The number of carbonyl (C=O) groups is 1. The van der Waals surface area contributed by atoms with Gasteiger partial charge in [-0.2, -0.15) is 0 Å². The highest BCUT2D eigenvalue weighted by molar-refractivity contribution is 7.92. The minimum Gasteiger partial charge on any atom is -0.458 e. The van der Waals surface area contributed by atoms with E-state index in [-0.39, 0.29) is 16.7 Å². The second-order valence-electron chi connectivity index (χ2n) is 7.53. The average molecular weight is 375 g/mol. The molecule has 0 saturated heterocycles.